The number of pyridine rings is 1. The first-order chi connectivity index (χ1) is 10.0. The summed E-state index contributed by atoms with van der Waals surface area (Å²) >= 11 is 15.3. The first-order valence-corrected chi connectivity index (χ1v) is 7.56. The Labute approximate surface area is 139 Å². The van der Waals surface area contributed by atoms with Gasteiger partial charge in [0, 0.05) is 15.9 Å². The summed E-state index contributed by atoms with van der Waals surface area (Å²) < 4.78 is 6.80. The molecule has 0 aliphatic heterocycles. The fourth-order valence-corrected chi connectivity index (χ4v) is 2.58. The molecule has 0 fully saturated rings. The van der Waals surface area contributed by atoms with E-state index in [-0.39, 0.29) is 0 Å². The molecule has 0 amide bonds. The van der Waals surface area contributed by atoms with Crippen LogP contribution in [0.15, 0.2) is 47.1 Å². The first-order valence-electron chi connectivity index (χ1n) is 6.01. The second-order valence-corrected chi connectivity index (χ2v) is 6.11. The van der Waals surface area contributed by atoms with Gasteiger partial charge in [0.25, 0.3) is 0 Å². The number of fused-ring (bicyclic) bond motifs is 1. The summed E-state index contributed by atoms with van der Waals surface area (Å²) in [5.41, 5.74) is 7.24. The Morgan fingerprint density at radius 1 is 1.05 bits per heavy atom. The van der Waals surface area contributed by atoms with Gasteiger partial charge in [-0.25, -0.2) is 0 Å². The van der Waals surface area contributed by atoms with Crippen LogP contribution in [0.5, 0.6) is 11.5 Å². The molecule has 6 heteroatoms. The van der Waals surface area contributed by atoms with Crippen molar-refractivity contribution in [1.82, 2.24) is 4.98 Å². The van der Waals surface area contributed by atoms with Gasteiger partial charge in [0.05, 0.1) is 27.4 Å². The third kappa shape index (κ3) is 2.93. The lowest BCUT2D eigenvalue weighted by Gasteiger charge is -2.12. The number of nitrogens with two attached hydrogens (primary N) is 1. The summed E-state index contributed by atoms with van der Waals surface area (Å²) in [6.07, 6.45) is 1.57. The third-order valence-electron chi connectivity index (χ3n) is 2.92. The summed E-state index contributed by atoms with van der Waals surface area (Å²) in [4.78, 5) is 4.28. The average Bonchev–Trinajstić information content (AvgIpc) is 2.46. The minimum absolute atomic E-state index is 0.423. The molecule has 2 N–H and O–H groups in total. The Hall–Kier alpha value is -1.49. The minimum atomic E-state index is 0.423. The van der Waals surface area contributed by atoms with Crippen molar-refractivity contribution < 1.29 is 4.74 Å². The van der Waals surface area contributed by atoms with Crippen molar-refractivity contribution in [2.45, 2.75) is 0 Å². The monoisotopic (exact) mass is 382 g/mol. The van der Waals surface area contributed by atoms with Crippen molar-refractivity contribution in [2.75, 3.05) is 5.73 Å². The second kappa shape index (κ2) is 5.72. The largest absolute Gasteiger partial charge is 0.454 e. The molecule has 3 aromatic rings. The molecule has 21 heavy (non-hydrogen) atoms. The summed E-state index contributed by atoms with van der Waals surface area (Å²) in [5, 5.41) is 1.71. The zero-order chi connectivity index (χ0) is 15.0. The van der Waals surface area contributed by atoms with Crippen LogP contribution < -0.4 is 10.5 Å². The highest BCUT2D eigenvalue weighted by Gasteiger charge is 2.11. The van der Waals surface area contributed by atoms with Gasteiger partial charge >= 0.3 is 0 Å². The van der Waals surface area contributed by atoms with Crippen molar-refractivity contribution in [3.63, 3.8) is 0 Å². The highest BCUT2D eigenvalue weighted by Crippen LogP contribution is 2.37. The standard InChI is InChI=1S/C15H9BrCl2N2O/c16-8-1-4-14-10(5-8)15(13(19)7-20-14)21-9-2-3-11(17)12(18)6-9/h1-7H,19H2. The Balaban J connectivity index is 2.12. The molecule has 3 nitrogen and oxygen atoms in total. The molecule has 1 aromatic heterocycles. The van der Waals surface area contributed by atoms with Crippen LogP contribution in [0.25, 0.3) is 10.9 Å². The van der Waals surface area contributed by atoms with E-state index in [4.69, 9.17) is 33.7 Å². The molecule has 0 spiro atoms. The van der Waals surface area contributed by atoms with Crippen LogP contribution in [0.1, 0.15) is 0 Å². The highest BCUT2D eigenvalue weighted by molar-refractivity contribution is 9.10. The van der Waals surface area contributed by atoms with Gasteiger partial charge in [-0.15, -0.1) is 0 Å². The van der Waals surface area contributed by atoms with Crippen LogP contribution in [-0.2, 0) is 0 Å². The van der Waals surface area contributed by atoms with E-state index in [2.05, 4.69) is 20.9 Å². The molecule has 0 radical (unpaired) electrons. The van der Waals surface area contributed by atoms with E-state index in [1.54, 1.807) is 24.4 Å². The summed E-state index contributed by atoms with van der Waals surface area (Å²) in [6.45, 7) is 0. The van der Waals surface area contributed by atoms with Crippen LogP contribution in [0, 0.1) is 0 Å². The topological polar surface area (TPSA) is 48.1 Å². The third-order valence-corrected chi connectivity index (χ3v) is 4.15. The van der Waals surface area contributed by atoms with Crippen LogP contribution >= 0.6 is 39.1 Å². The number of hydrogen-bond donors (Lipinski definition) is 1. The number of ether oxygens (including phenoxy) is 1. The first kappa shape index (κ1) is 14.4. The number of benzene rings is 2. The van der Waals surface area contributed by atoms with Crippen LogP contribution in [-0.4, -0.2) is 4.98 Å². The number of aromatic nitrogens is 1. The normalized spacial score (nSPS) is 10.8. The molecule has 0 atom stereocenters. The summed E-state index contributed by atoms with van der Waals surface area (Å²) in [7, 11) is 0. The van der Waals surface area contributed by atoms with E-state index in [0.29, 0.717) is 27.2 Å². The summed E-state index contributed by atoms with van der Waals surface area (Å²) in [6, 6.07) is 10.8. The Morgan fingerprint density at radius 3 is 2.62 bits per heavy atom. The molecule has 0 bridgehead atoms. The number of nitrogen functional groups attached to an aromatic ring is 1. The zero-order valence-electron chi connectivity index (χ0n) is 10.6. The van der Waals surface area contributed by atoms with E-state index >= 15 is 0 Å². The molecule has 0 saturated carbocycles. The van der Waals surface area contributed by atoms with E-state index in [1.807, 2.05) is 18.2 Å². The maximum absolute atomic E-state index is 6.00. The van der Waals surface area contributed by atoms with Gasteiger partial charge in [0.15, 0.2) is 5.75 Å². The van der Waals surface area contributed by atoms with Crippen molar-refractivity contribution in [1.29, 1.82) is 0 Å². The number of hydrogen-bond acceptors (Lipinski definition) is 3. The molecule has 0 unspecified atom stereocenters. The van der Waals surface area contributed by atoms with E-state index < -0.39 is 0 Å². The SMILES string of the molecule is Nc1cnc2ccc(Br)cc2c1Oc1ccc(Cl)c(Cl)c1. The molecular weight excluding hydrogens is 375 g/mol. The van der Waals surface area contributed by atoms with Gasteiger partial charge in [-0.1, -0.05) is 39.1 Å². The smallest absolute Gasteiger partial charge is 0.161 e. The van der Waals surface area contributed by atoms with Crippen molar-refractivity contribution in [3.8, 4) is 11.5 Å². The van der Waals surface area contributed by atoms with Crippen LogP contribution in [0.3, 0.4) is 0 Å². The molecule has 106 valence electrons. The number of rotatable bonds is 2. The Bertz CT molecular complexity index is 834. The predicted molar refractivity (Wildman–Crippen MR) is 90.4 cm³/mol. The number of anilines is 1. The van der Waals surface area contributed by atoms with E-state index in [9.17, 15) is 0 Å². The number of nitrogens with zero attached hydrogens (tertiary/aromatic N) is 1. The highest BCUT2D eigenvalue weighted by atomic mass is 79.9. The van der Waals surface area contributed by atoms with E-state index in [1.165, 1.54) is 0 Å². The Kier molecular flexibility index (Phi) is 3.93. The molecule has 0 saturated heterocycles. The van der Waals surface area contributed by atoms with E-state index in [0.717, 1.165) is 15.4 Å². The van der Waals surface area contributed by atoms with Crippen molar-refractivity contribution >= 4 is 55.7 Å². The predicted octanol–water partition coefficient (Wildman–Crippen LogP) is 5.68. The van der Waals surface area contributed by atoms with Crippen molar-refractivity contribution in [3.05, 3.63) is 57.1 Å². The lowest BCUT2D eigenvalue weighted by Crippen LogP contribution is -1.95. The molecule has 2 aromatic carbocycles. The molecule has 0 aliphatic carbocycles. The minimum Gasteiger partial charge on any atom is -0.454 e. The average molecular weight is 384 g/mol. The molecule has 0 aliphatic rings. The lowest BCUT2D eigenvalue weighted by atomic mass is 10.2. The quantitative estimate of drug-likeness (QED) is 0.619. The van der Waals surface area contributed by atoms with Gasteiger partial charge in [-0.3, -0.25) is 4.98 Å². The van der Waals surface area contributed by atoms with Crippen LogP contribution in [0.4, 0.5) is 5.69 Å². The van der Waals surface area contributed by atoms with Gasteiger partial charge < -0.3 is 10.5 Å². The lowest BCUT2D eigenvalue weighted by molar-refractivity contribution is 0.490. The Morgan fingerprint density at radius 2 is 1.86 bits per heavy atom. The summed E-state index contributed by atoms with van der Waals surface area (Å²) in [5.74, 6) is 1.10. The number of halogens is 3. The molecule has 1 heterocycles. The molecular formula is C15H9BrCl2N2O. The van der Waals surface area contributed by atoms with Gasteiger partial charge in [-0.2, -0.15) is 0 Å². The second-order valence-electron chi connectivity index (χ2n) is 4.38. The molecule has 3 rings (SSSR count). The fraction of sp³-hybridized carbons (Fsp3) is 0. The maximum Gasteiger partial charge on any atom is 0.161 e. The van der Waals surface area contributed by atoms with Crippen LogP contribution in [0.2, 0.25) is 10.0 Å². The van der Waals surface area contributed by atoms with Crippen molar-refractivity contribution in [2.24, 2.45) is 0 Å². The van der Waals surface area contributed by atoms with Gasteiger partial charge in [0.2, 0.25) is 0 Å². The maximum atomic E-state index is 6.00. The van der Waals surface area contributed by atoms with Gasteiger partial charge in [0.1, 0.15) is 5.75 Å². The van der Waals surface area contributed by atoms with Gasteiger partial charge in [-0.05, 0) is 30.3 Å². The zero-order valence-corrected chi connectivity index (χ0v) is 13.7. The fourth-order valence-electron chi connectivity index (χ4n) is 1.93.